The zero-order chi connectivity index (χ0) is 10.5. The first-order valence-electron chi connectivity index (χ1n) is 5.47. The molecule has 4 heteroatoms. The lowest BCUT2D eigenvalue weighted by Gasteiger charge is -2.17. The fraction of sp³-hybridized carbons (Fsp3) is 0.636. The molecule has 2 atom stereocenters. The third kappa shape index (κ3) is 2.81. The summed E-state index contributed by atoms with van der Waals surface area (Å²) in [5.41, 5.74) is 6.81. The van der Waals surface area contributed by atoms with Gasteiger partial charge < -0.3 is 20.2 Å². The Hall–Kier alpha value is -0.840. The Morgan fingerprint density at radius 1 is 1.60 bits per heavy atom. The number of hydrogen-bond acceptors (Lipinski definition) is 4. The summed E-state index contributed by atoms with van der Waals surface area (Å²) >= 11 is 0. The Morgan fingerprint density at radius 3 is 3.13 bits per heavy atom. The highest BCUT2D eigenvalue weighted by Gasteiger charge is 2.17. The van der Waals surface area contributed by atoms with Crippen LogP contribution in [0.3, 0.4) is 0 Å². The molecule has 15 heavy (non-hydrogen) atoms. The number of nitrogens with one attached hydrogen (secondary N) is 1. The first-order chi connectivity index (χ1) is 7.40. The SMILES string of the molecule is NCC(NCC1CCCO1)c1ccoc1. The van der Waals surface area contributed by atoms with Crippen molar-refractivity contribution in [3.63, 3.8) is 0 Å². The quantitative estimate of drug-likeness (QED) is 0.762. The maximum atomic E-state index is 5.70. The van der Waals surface area contributed by atoms with Crippen LogP contribution < -0.4 is 11.1 Å². The monoisotopic (exact) mass is 210 g/mol. The number of hydrogen-bond donors (Lipinski definition) is 2. The van der Waals surface area contributed by atoms with Crippen LogP contribution in [0, 0.1) is 0 Å². The molecule has 1 aliphatic rings. The molecule has 1 aromatic heterocycles. The minimum atomic E-state index is 0.174. The van der Waals surface area contributed by atoms with Crippen LogP contribution in [0.1, 0.15) is 24.4 Å². The molecule has 4 nitrogen and oxygen atoms in total. The second-order valence-electron chi connectivity index (χ2n) is 3.89. The predicted octanol–water partition coefficient (Wildman–Crippen LogP) is 1.05. The van der Waals surface area contributed by atoms with Crippen LogP contribution >= 0.6 is 0 Å². The van der Waals surface area contributed by atoms with Crippen molar-refractivity contribution in [2.24, 2.45) is 5.73 Å². The van der Waals surface area contributed by atoms with Gasteiger partial charge in [0, 0.05) is 31.3 Å². The lowest BCUT2D eigenvalue weighted by molar-refractivity contribution is 0.107. The Labute approximate surface area is 89.8 Å². The van der Waals surface area contributed by atoms with Crippen molar-refractivity contribution in [3.8, 4) is 0 Å². The van der Waals surface area contributed by atoms with E-state index in [0.29, 0.717) is 12.6 Å². The molecule has 0 saturated carbocycles. The maximum Gasteiger partial charge on any atom is 0.0950 e. The van der Waals surface area contributed by atoms with Crippen molar-refractivity contribution in [3.05, 3.63) is 24.2 Å². The van der Waals surface area contributed by atoms with Gasteiger partial charge in [0.15, 0.2) is 0 Å². The van der Waals surface area contributed by atoms with Crippen LogP contribution in [-0.2, 0) is 4.74 Å². The smallest absolute Gasteiger partial charge is 0.0950 e. The van der Waals surface area contributed by atoms with Gasteiger partial charge in [0.05, 0.1) is 18.6 Å². The van der Waals surface area contributed by atoms with E-state index < -0.39 is 0 Å². The highest BCUT2D eigenvalue weighted by Crippen LogP contribution is 2.15. The summed E-state index contributed by atoms with van der Waals surface area (Å²) in [5, 5.41) is 3.40. The summed E-state index contributed by atoms with van der Waals surface area (Å²) in [4.78, 5) is 0. The average molecular weight is 210 g/mol. The van der Waals surface area contributed by atoms with E-state index in [1.807, 2.05) is 6.07 Å². The van der Waals surface area contributed by atoms with Gasteiger partial charge >= 0.3 is 0 Å². The van der Waals surface area contributed by atoms with Gasteiger partial charge in [0.25, 0.3) is 0 Å². The number of furan rings is 1. The molecule has 2 heterocycles. The summed E-state index contributed by atoms with van der Waals surface area (Å²) in [6.07, 6.45) is 6.08. The molecule has 2 unspecified atom stereocenters. The molecule has 0 aliphatic carbocycles. The van der Waals surface area contributed by atoms with E-state index in [1.165, 1.54) is 6.42 Å². The standard InChI is InChI=1S/C11H18N2O2/c12-6-11(9-3-5-14-8-9)13-7-10-2-1-4-15-10/h3,5,8,10-11,13H,1-2,4,6-7,12H2. The summed E-state index contributed by atoms with van der Waals surface area (Å²) in [7, 11) is 0. The molecular weight excluding hydrogens is 192 g/mol. The lowest BCUT2D eigenvalue weighted by Crippen LogP contribution is -2.33. The molecule has 3 N–H and O–H groups in total. The Morgan fingerprint density at radius 2 is 2.53 bits per heavy atom. The van der Waals surface area contributed by atoms with Gasteiger partial charge in [-0.2, -0.15) is 0 Å². The van der Waals surface area contributed by atoms with E-state index in [2.05, 4.69) is 5.32 Å². The highest BCUT2D eigenvalue weighted by molar-refractivity contribution is 5.11. The van der Waals surface area contributed by atoms with Gasteiger partial charge in [-0.3, -0.25) is 0 Å². The third-order valence-corrected chi connectivity index (χ3v) is 2.80. The van der Waals surface area contributed by atoms with Gasteiger partial charge in [-0.25, -0.2) is 0 Å². The van der Waals surface area contributed by atoms with E-state index in [9.17, 15) is 0 Å². The number of ether oxygens (including phenoxy) is 1. The van der Waals surface area contributed by atoms with Crippen molar-refractivity contribution < 1.29 is 9.15 Å². The Bertz CT molecular complexity index is 268. The van der Waals surface area contributed by atoms with E-state index >= 15 is 0 Å². The molecule has 0 amide bonds. The molecule has 0 spiro atoms. The lowest BCUT2D eigenvalue weighted by atomic mass is 10.1. The summed E-state index contributed by atoms with van der Waals surface area (Å²) in [6, 6.07) is 2.12. The van der Waals surface area contributed by atoms with Crippen LogP contribution in [0.2, 0.25) is 0 Å². The van der Waals surface area contributed by atoms with Crippen molar-refractivity contribution in [2.45, 2.75) is 25.0 Å². The van der Waals surface area contributed by atoms with Crippen LogP contribution in [0.25, 0.3) is 0 Å². The van der Waals surface area contributed by atoms with E-state index in [1.54, 1.807) is 12.5 Å². The molecule has 0 bridgehead atoms. The van der Waals surface area contributed by atoms with E-state index in [-0.39, 0.29) is 6.04 Å². The molecule has 1 fully saturated rings. The van der Waals surface area contributed by atoms with E-state index in [0.717, 1.165) is 25.1 Å². The second-order valence-corrected chi connectivity index (χ2v) is 3.89. The average Bonchev–Trinajstić information content (AvgIpc) is 2.90. The molecule has 1 saturated heterocycles. The molecule has 84 valence electrons. The second kappa shape index (κ2) is 5.30. The Kier molecular flexibility index (Phi) is 3.77. The van der Waals surface area contributed by atoms with Gasteiger partial charge in [-0.05, 0) is 18.9 Å². The van der Waals surface area contributed by atoms with Crippen molar-refractivity contribution in [2.75, 3.05) is 19.7 Å². The molecule has 0 aromatic carbocycles. The summed E-state index contributed by atoms with van der Waals surface area (Å²) in [5.74, 6) is 0. The Balaban J connectivity index is 1.80. The zero-order valence-electron chi connectivity index (χ0n) is 8.82. The topological polar surface area (TPSA) is 60.4 Å². The van der Waals surface area contributed by atoms with Gasteiger partial charge in [0.2, 0.25) is 0 Å². The first-order valence-corrected chi connectivity index (χ1v) is 5.47. The third-order valence-electron chi connectivity index (χ3n) is 2.80. The fourth-order valence-corrected chi connectivity index (χ4v) is 1.89. The van der Waals surface area contributed by atoms with Crippen molar-refractivity contribution >= 4 is 0 Å². The zero-order valence-corrected chi connectivity index (χ0v) is 8.82. The van der Waals surface area contributed by atoms with Gasteiger partial charge in [0.1, 0.15) is 0 Å². The van der Waals surface area contributed by atoms with Crippen LogP contribution in [-0.4, -0.2) is 25.8 Å². The van der Waals surface area contributed by atoms with Crippen LogP contribution in [0.15, 0.2) is 23.0 Å². The van der Waals surface area contributed by atoms with Gasteiger partial charge in [-0.1, -0.05) is 0 Å². The molecule has 2 rings (SSSR count). The molecular formula is C11H18N2O2. The maximum absolute atomic E-state index is 5.70. The first kappa shape index (κ1) is 10.7. The fourth-order valence-electron chi connectivity index (χ4n) is 1.89. The number of nitrogens with two attached hydrogens (primary N) is 1. The van der Waals surface area contributed by atoms with Crippen molar-refractivity contribution in [1.82, 2.24) is 5.32 Å². The van der Waals surface area contributed by atoms with Crippen LogP contribution in [0.4, 0.5) is 0 Å². The predicted molar refractivity (Wildman–Crippen MR) is 57.5 cm³/mol. The minimum absolute atomic E-state index is 0.174. The minimum Gasteiger partial charge on any atom is -0.472 e. The van der Waals surface area contributed by atoms with Crippen molar-refractivity contribution in [1.29, 1.82) is 0 Å². The number of rotatable bonds is 5. The normalized spacial score (nSPS) is 23.1. The molecule has 1 aromatic rings. The molecule has 0 radical (unpaired) electrons. The molecule has 1 aliphatic heterocycles. The summed E-state index contributed by atoms with van der Waals surface area (Å²) in [6.45, 7) is 2.34. The van der Waals surface area contributed by atoms with Gasteiger partial charge in [-0.15, -0.1) is 0 Å². The van der Waals surface area contributed by atoms with E-state index in [4.69, 9.17) is 14.9 Å². The summed E-state index contributed by atoms with van der Waals surface area (Å²) < 4.78 is 10.6. The largest absolute Gasteiger partial charge is 0.472 e. The van der Waals surface area contributed by atoms with Crippen LogP contribution in [0.5, 0.6) is 0 Å². The highest BCUT2D eigenvalue weighted by atomic mass is 16.5.